The van der Waals surface area contributed by atoms with Crippen LogP contribution in [-0.2, 0) is 4.74 Å². The molecule has 0 bridgehead atoms. The van der Waals surface area contributed by atoms with Crippen LogP contribution in [0.5, 0.6) is 0 Å². The molecule has 0 saturated heterocycles. The minimum atomic E-state index is 0.00270. The molecule has 2 unspecified atom stereocenters. The quantitative estimate of drug-likeness (QED) is 0.724. The van der Waals surface area contributed by atoms with Crippen molar-refractivity contribution in [3.05, 3.63) is 83.9 Å². The lowest BCUT2D eigenvalue weighted by atomic mass is 9.95. The molecule has 1 aliphatic heterocycles. The zero-order valence-electron chi connectivity index (χ0n) is 12.6. The highest BCUT2D eigenvalue weighted by molar-refractivity contribution is 6.48. The van der Waals surface area contributed by atoms with Gasteiger partial charge in [0.2, 0.25) is 0 Å². The Hall–Kier alpha value is -1.83. The van der Waals surface area contributed by atoms with Gasteiger partial charge >= 0.3 is 0 Å². The maximum Gasteiger partial charge on any atom is 0.0821 e. The topological polar surface area (TPSA) is 9.23 Å². The molecule has 2 atom stereocenters. The summed E-state index contributed by atoms with van der Waals surface area (Å²) in [5, 5.41) is 0.743. The van der Waals surface area contributed by atoms with E-state index in [4.69, 9.17) is 16.3 Å². The summed E-state index contributed by atoms with van der Waals surface area (Å²) >= 11 is 6.44. The van der Waals surface area contributed by atoms with Gasteiger partial charge in [-0.15, -0.1) is 0 Å². The van der Waals surface area contributed by atoms with Gasteiger partial charge in [0.15, 0.2) is 0 Å². The summed E-state index contributed by atoms with van der Waals surface area (Å²) < 4.78 is 5.99. The Bertz CT molecular complexity index is 673. The van der Waals surface area contributed by atoms with Gasteiger partial charge in [0, 0.05) is 11.5 Å². The Morgan fingerprint density at radius 1 is 1.05 bits per heavy atom. The molecule has 0 aliphatic carbocycles. The lowest BCUT2D eigenvalue weighted by molar-refractivity contribution is 0.0480. The van der Waals surface area contributed by atoms with Crippen molar-refractivity contribution in [1.29, 1.82) is 0 Å². The second-order valence-corrected chi connectivity index (χ2v) is 5.93. The zero-order valence-corrected chi connectivity index (χ0v) is 13.3. The first kappa shape index (κ1) is 15.1. The van der Waals surface area contributed by atoms with Crippen molar-refractivity contribution >= 4 is 22.2 Å². The number of rotatable bonds is 3. The fraction of sp³-hybridized carbons (Fsp3) is 0.200. The molecule has 2 heteroatoms. The molecular formula is C20H19ClO. The standard InChI is InChI=1S/C20H19ClO/c1-15-12-18(16-8-4-2-5-9-16)13-19(22-15)14-20(21)17-10-6-3-7-11-17/h2-12,14-15,19H,13H2,1H3/b20-14-. The summed E-state index contributed by atoms with van der Waals surface area (Å²) in [6, 6.07) is 20.5. The number of hydrogen-bond donors (Lipinski definition) is 0. The van der Waals surface area contributed by atoms with Gasteiger partial charge in [0.25, 0.3) is 0 Å². The van der Waals surface area contributed by atoms with Gasteiger partial charge in [-0.2, -0.15) is 0 Å². The molecule has 0 aromatic heterocycles. The molecule has 0 fully saturated rings. The van der Waals surface area contributed by atoms with E-state index in [0.717, 1.165) is 17.0 Å². The summed E-state index contributed by atoms with van der Waals surface area (Å²) in [5.41, 5.74) is 3.60. The van der Waals surface area contributed by atoms with Crippen LogP contribution >= 0.6 is 11.6 Å². The van der Waals surface area contributed by atoms with E-state index < -0.39 is 0 Å². The average molecular weight is 311 g/mol. The van der Waals surface area contributed by atoms with Crippen molar-refractivity contribution in [2.75, 3.05) is 0 Å². The summed E-state index contributed by atoms with van der Waals surface area (Å²) in [4.78, 5) is 0. The van der Waals surface area contributed by atoms with Gasteiger partial charge < -0.3 is 4.74 Å². The SMILES string of the molecule is CC1C=C(c2ccccc2)CC(/C=C(\Cl)c2ccccc2)O1. The van der Waals surface area contributed by atoms with Gasteiger partial charge in [-0.3, -0.25) is 0 Å². The number of ether oxygens (including phenoxy) is 1. The number of hydrogen-bond acceptors (Lipinski definition) is 1. The lowest BCUT2D eigenvalue weighted by Crippen LogP contribution is -2.22. The molecule has 22 heavy (non-hydrogen) atoms. The van der Waals surface area contributed by atoms with Crippen LogP contribution in [-0.4, -0.2) is 12.2 Å². The molecule has 1 nitrogen and oxygen atoms in total. The van der Waals surface area contributed by atoms with E-state index in [9.17, 15) is 0 Å². The van der Waals surface area contributed by atoms with E-state index in [1.165, 1.54) is 11.1 Å². The van der Waals surface area contributed by atoms with Crippen LogP contribution in [0.25, 0.3) is 10.6 Å². The summed E-state index contributed by atoms with van der Waals surface area (Å²) in [5.74, 6) is 0. The van der Waals surface area contributed by atoms with Crippen molar-refractivity contribution in [2.45, 2.75) is 25.6 Å². The number of halogens is 1. The van der Waals surface area contributed by atoms with Gasteiger partial charge in [-0.05, 0) is 29.7 Å². The minimum Gasteiger partial charge on any atom is -0.367 e. The lowest BCUT2D eigenvalue weighted by Gasteiger charge is -2.26. The molecular weight excluding hydrogens is 292 g/mol. The molecule has 0 saturated carbocycles. The largest absolute Gasteiger partial charge is 0.367 e. The second-order valence-electron chi connectivity index (χ2n) is 5.52. The van der Waals surface area contributed by atoms with Gasteiger partial charge in [0.05, 0.1) is 12.2 Å². The molecule has 0 amide bonds. The van der Waals surface area contributed by atoms with Gasteiger partial charge in [0.1, 0.15) is 0 Å². The summed E-state index contributed by atoms with van der Waals surface area (Å²) in [6.45, 7) is 2.07. The van der Waals surface area contributed by atoms with Crippen LogP contribution in [0, 0.1) is 0 Å². The maximum atomic E-state index is 6.44. The third-order valence-electron chi connectivity index (χ3n) is 3.77. The molecule has 0 radical (unpaired) electrons. The molecule has 3 rings (SSSR count). The minimum absolute atomic E-state index is 0.00270. The van der Waals surface area contributed by atoms with Crippen molar-refractivity contribution < 1.29 is 4.74 Å². The van der Waals surface area contributed by atoms with Crippen molar-refractivity contribution in [3.63, 3.8) is 0 Å². The van der Waals surface area contributed by atoms with Gasteiger partial charge in [-0.25, -0.2) is 0 Å². The fourth-order valence-corrected chi connectivity index (χ4v) is 3.02. The van der Waals surface area contributed by atoms with E-state index in [0.29, 0.717) is 0 Å². The summed E-state index contributed by atoms with van der Waals surface area (Å²) in [6.07, 6.45) is 5.14. The van der Waals surface area contributed by atoms with Gasteiger partial charge in [-0.1, -0.05) is 78.3 Å². The molecule has 2 aromatic rings. The Morgan fingerprint density at radius 2 is 1.68 bits per heavy atom. The van der Waals surface area contributed by atoms with E-state index in [1.54, 1.807) is 0 Å². The molecule has 0 spiro atoms. The highest BCUT2D eigenvalue weighted by Gasteiger charge is 2.20. The van der Waals surface area contributed by atoms with Crippen LogP contribution in [0.1, 0.15) is 24.5 Å². The molecule has 112 valence electrons. The average Bonchev–Trinajstić information content (AvgIpc) is 2.56. The first-order valence-corrected chi connectivity index (χ1v) is 7.94. The van der Waals surface area contributed by atoms with E-state index in [1.807, 2.05) is 42.5 Å². The normalized spacial score (nSPS) is 22.3. The molecule has 1 aliphatic rings. The predicted octanol–water partition coefficient (Wildman–Crippen LogP) is 5.53. The Labute approximate surface area is 136 Å². The Kier molecular flexibility index (Phi) is 4.77. The van der Waals surface area contributed by atoms with E-state index >= 15 is 0 Å². The highest BCUT2D eigenvalue weighted by Crippen LogP contribution is 2.30. The van der Waals surface area contributed by atoms with E-state index in [2.05, 4.69) is 37.3 Å². The van der Waals surface area contributed by atoms with Crippen LogP contribution in [0.2, 0.25) is 0 Å². The summed E-state index contributed by atoms with van der Waals surface area (Å²) in [7, 11) is 0. The van der Waals surface area contributed by atoms with Crippen LogP contribution in [0.4, 0.5) is 0 Å². The highest BCUT2D eigenvalue weighted by atomic mass is 35.5. The smallest absolute Gasteiger partial charge is 0.0821 e. The van der Waals surface area contributed by atoms with Crippen LogP contribution < -0.4 is 0 Å². The molecule has 0 N–H and O–H groups in total. The molecule has 2 aromatic carbocycles. The van der Waals surface area contributed by atoms with Crippen molar-refractivity contribution in [2.24, 2.45) is 0 Å². The van der Waals surface area contributed by atoms with Crippen LogP contribution in [0.15, 0.2) is 72.8 Å². The van der Waals surface area contributed by atoms with E-state index in [-0.39, 0.29) is 12.2 Å². The Balaban J connectivity index is 1.81. The van der Waals surface area contributed by atoms with Crippen molar-refractivity contribution in [3.8, 4) is 0 Å². The second kappa shape index (κ2) is 6.95. The first-order chi connectivity index (χ1) is 10.7. The fourth-order valence-electron chi connectivity index (χ4n) is 2.75. The van der Waals surface area contributed by atoms with Crippen molar-refractivity contribution in [1.82, 2.24) is 0 Å². The first-order valence-electron chi connectivity index (χ1n) is 7.56. The third kappa shape index (κ3) is 3.68. The molecule has 1 heterocycles. The monoisotopic (exact) mass is 310 g/mol. The zero-order chi connectivity index (χ0) is 15.4. The number of benzene rings is 2. The predicted molar refractivity (Wildman–Crippen MR) is 93.6 cm³/mol. The maximum absolute atomic E-state index is 6.44. The Morgan fingerprint density at radius 3 is 2.36 bits per heavy atom. The third-order valence-corrected chi connectivity index (χ3v) is 4.12. The van der Waals surface area contributed by atoms with Crippen LogP contribution in [0.3, 0.4) is 0 Å².